The summed E-state index contributed by atoms with van der Waals surface area (Å²) in [6, 6.07) is 4.63. The second-order valence-electron chi connectivity index (χ2n) is 3.89. The zero-order valence-corrected chi connectivity index (χ0v) is 12.1. The maximum Gasteiger partial charge on any atom is 0.343 e. The largest absolute Gasteiger partial charge is 0.343 e. The lowest BCUT2D eigenvalue weighted by atomic mass is 10.2. The molecule has 0 saturated heterocycles. The second-order valence-corrected chi connectivity index (χ2v) is 5.24. The number of halogens is 1. The van der Waals surface area contributed by atoms with Gasteiger partial charge in [-0.1, -0.05) is 29.4 Å². The van der Waals surface area contributed by atoms with Crippen LogP contribution in [0.2, 0.25) is 5.02 Å². The summed E-state index contributed by atoms with van der Waals surface area (Å²) in [5, 5.41) is 17.7. The Hall–Kier alpha value is -1.80. The summed E-state index contributed by atoms with van der Waals surface area (Å²) >= 11 is 7.07. The molecule has 0 aliphatic rings. The van der Waals surface area contributed by atoms with Crippen molar-refractivity contribution in [1.82, 2.24) is 14.8 Å². The molecule has 2 aromatic rings. The fraction of sp³-hybridized carbons (Fsp3) is 0.273. The Morgan fingerprint density at radius 3 is 2.95 bits per heavy atom. The van der Waals surface area contributed by atoms with E-state index in [2.05, 4.69) is 10.2 Å². The van der Waals surface area contributed by atoms with E-state index in [1.807, 2.05) is 6.92 Å². The molecule has 0 fully saturated rings. The number of nitro groups is 1. The van der Waals surface area contributed by atoms with Gasteiger partial charge in [0.25, 0.3) is 5.69 Å². The average Bonchev–Trinajstić information content (AvgIpc) is 2.77. The molecule has 1 heterocycles. The van der Waals surface area contributed by atoms with Gasteiger partial charge in [-0.25, -0.2) is 9.89 Å². The summed E-state index contributed by atoms with van der Waals surface area (Å²) in [7, 11) is 0. The lowest BCUT2D eigenvalue weighted by Crippen LogP contribution is -2.16. The van der Waals surface area contributed by atoms with Crippen LogP contribution in [0.3, 0.4) is 0 Å². The van der Waals surface area contributed by atoms with Crippen molar-refractivity contribution >= 4 is 29.1 Å². The average molecular weight is 315 g/mol. The highest BCUT2D eigenvalue weighted by Crippen LogP contribution is 2.28. The molecule has 20 heavy (non-hydrogen) atoms. The molecule has 1 aromatic heterocycles. The van der Waals surface area contributed by atoms with Gasteiger partial charge >= 0.3 is 5.69 Å². The van der Waals surface area contributed by atoms with Crippen LogP contribution in [0.4, 0.5) is 5.69 Å². The van der Waals surface area contributed by atoms with Crippen molar-refractivity contribution in [3.63, 3.8) is 0 Å². The molecule has 0 bridgehead atoms. The molecule has 0 radical (unpaired) electrons. The normalized spacial score (nSPS) is 10.7. The van der Waals surface area contributed by atoms with E-state index >= 15 is 0 Å². The van der Waals surface area contributed by atoms with Gasteiger partial charge in [-0.2, -0.15) is 0 Å². The third-order valence-electron chi connectivity index (χ3n) is 2.61. The number of rotatable bonds is 5. The van der Waals surface area contributed by atoms with Gasteiger partial charge in [-0.3, -0.25) is 14.7 Å². The standard InChI is InChI=1S/C11H11ClN4O3S/c1-2-15-10(17)13-14-11(15)20-6-7-3-4-8(12)9(5-7)16(18)19/h3-5H,2,6H2,1H3,(H,13,17). The molecule has 1 N–H and O–H groups in total. The predicted octanol–water partition coefficient (Wildman–Crippen LogP) is 2.45. The van der Waals surface area contributed by atoms with Crippen LogP contribution in [0.1, 0.15) is 12.5 Å². The first-order chi connectivity index (χ1) is 9.52. The fourth-order valence-corrected chi connectivity index (χ4v) is 2.77. The summed E-state index contributed by atoms with van der Waals surface area (Å²) in [5.41, 5.74) is 0.348. The number of nitro benzene ring substituents is 1. The van der Waals surface area contributed by atoms with Crippen molar-refractivity contribution in [2.75, 3.05) is 0 Å². The summed E-state index contributed by atoms with van der Waals surface area (Å²) in [6.45, 7) is 2.35. The van der Waals surface area contributed by atoms with Gasteiger partial charge in [0.15, 0.2) is 5.16 Å². The molecular weight excluding hydrogens is 304 g/mol. The second kappa shape index (κ2) is 6.10. The van der Waals surface area contributed by atoms with Gasteiger partial charge in [0, 0.05) is 18.4 Å². The summed E-state index contributed by atoms with van der Waals surface area (Å²) in [6.07, 6.45) is 0. The maximum absolute atomic E-state index is 11.4. The highest BCUT2D eigenvalue weighted by molar-refractivity contribution is 7.98. The first kappa shape index (κ1) is 14.6. The molecule has 0 saturated carbocycles. The van der Waals surface area contributed by atoms with Gasteiger partial charge in [-0.05, 0) is 18.6 Å². The van der Waals surface area contributed by atoms with E-state index in [0.29, 0.717) is 17.5 Å². The number of nitrogens with zero attached hydrogens (tertiary/aromatic N) is 3. The number of benzene rings is 1. The van der Waals surface area contributed by atoms with Crippen molar-refractivity contribution in [1.29, 1.82) is 0 Å². The number of aromatic amines is 1. The molecule has 0 aliphatic carbocycles. The summed E-state index contributed by atoms with van der Waals surface area (Å²) < 4.78 is 1.50. The molecule has 9 heteroatoms. The minimum absolute atomic E-state index is 0.106. The maximum atomic E-state index is 11.4. The molecule has 2 rings (SSSR count). The fourth-order valence-electron chi connectivity index (χ4n) is 1.63. The molecule has 7 nitrogen and oxygen atoms in total. The minimum Gasteiger partial charge on any atom is -0.270 e. The van der Waals surface area contributed by atoms with Gasteiger partial charge < -0.3 is 0 Å². The van der Waals surface area contributed by atoms with Crippen LogP contribution in [-0.4, -0.2) is 19.7 Å². The Morgan fingerprint density at radius 1 is 1.55 bits per heavy atom. The van der Waals surface area contributed by atoms with Crippen LogP contribution in [0.25, 0.3) is 0 Å². The number of thioether (sulfide) groups is 1. The third-order valence-corrected chi connectivity index (χ3v) is 3.98. The molecule has 1 aromatic carbocycles. The van der Waals surface area contributed by atoms with Crippen LogP contribution in [0, 0.1) is 10.1 Å². The van der Waals surface area contributed by atoms with Gasteiger partial charge in [0.1, 0.15) is 5.02 Å². The van der Waals surface area contributed by atoms with Crippen LogP contribution < -0.4 is 5.69 Å². The van der Waals surface area contributed by atoms with Gasteiger partial charge in [-0.15, -0.1) is 5.10 Å². The topological polar surface area (TPSA) is 93.8 Å². The Balaban J connectivity index is 2.17. The van der Waals surface area contributed by atoms with Crippen molar-refractivity contribution < 1.29 is 4.92 Å². The molecule has 0 spiro atoms. The van der Waals surface area contributed by atoms with E-state index < -0.39 is 4.92 Å². The zero-order chi connectivity index (χ0) is 14.7. The van der Waals surface area contributed by atoms with Crippen LogP contribution in [0.5, 0.6) is 0 Å². The zero-order valence-electron chi connectivity index (χ0n) is 10.5. The predicted molar refractivity (Wildman–Crippen MR) is 76.2 cm³/mol. The smallest absolute Gasteiger partial charge is 0.270 e. The summed E-state index contributed by atoms with van der Waals surface area (Å²) in [5.74, 6) is 0.461. The molecular formula is C11H11ClN4O3S. The van der Waals surface area contributed by atoms with E-state index in [-0.39, 0.29) is 16.4 Å². The van der Waals surface area contributed by atoms with Crippen molar-refractivity contribution in [3.05, 3.63) is 49.4 Å². The SMILES string of the molecule is CCn1c(SCc2ccc(Cl)c([N+](=O)[O-])c2)n[nH]c1=O. The molecule has 0 atom stereocenters. The number of hydrogen-bond donors (Lipinski definition) is 1. The Labute approximate surface area is 123 Å². The highest BCUT2D eigenvalue weighted by Gasteiger charge is 2.14. The van der Waals surface area contributed by atoms with Crippen molar-refractivity contribution in [3.8, 4) is 0 Å². The number of nitrogens with one attached hydrogen (secondary N) is 1. The van der Waals surface area contributed by atoms with E-state index in [9.17, 15) is 14.9 Å². The number of H-pyrrole nitrogens is 1. The highest BCUT2D eigenvalue weighted by atomic mass is 35.5. The first-order valence-electron chi connectivity index (χ1n) is 5.73. The van der Waals surface area contributed by atoms with Gasteiger partial charge in [0.2, 0.25) is 0 Å². The number of aromatic nitrogens is 3. The van der Waals surface area contributed by atoms with E-state index in [4.69, 9.17) is 11.6 Å². The Morgan fingerprint density at radius 2 is 2.30 bits per heavy atom. The van der Waals surface area contributed by atoms with E-state index in [1.54, 1.807) is 6.07 Å². The minimum atomic E-state index is -0.521. The third kappa shape index (κ3) is 3.02. The number of hydrogen-bond acceptors (Lipinski definition) is 5. The van der Waals surface area contributed by atoms with Gasteiger partial charge in [0.05, 0.1) is 4.92 Å². The quantitative estimate of drug-likeness (QED) is 0.519. The monoisotopic (exact) mass is 314 g/mol. The first-order valence-corrected chi connectivity index (χ1v) is 7.10. The van der Waals surface area contributed by atoms with Crippen LogP contribution in [0.15, 0.2) is 28.2 Å². The van der Waals surface area contributed by atoms with Crippen LogP contribution in [-0.2, 0) is 12.3 Å². The molecule has 0 unspecified atom stereocenters. The van der Waals surface area contributed by atoms with Crippen LogP contribution >= 0.6 is 23.4 Å². The lowest BCUT2D eigenvalue weighted by molar-refractivity contribution is -0.384. The molecule has 0 aliphatic heterocycles. The summed E-state index contributed by atoms with van der Waals surface area (Å²) in [4.78, 5) is 21.7. The Kier molecular flexibility index (Phi) is 4.46. The van der Waals surface area contributed by atoms with E-state index in [0.717, 1.165) is 5.56 Å². The molecule has 0 amide bonds. The Bertz CT molecular complexity index is 697. The van der Waals surface area contributed by atoms with Crippen molar-refractivity contribution in [2.45, 2.75) is 24.4 Å². The van der Waals surface area contributed by atoms with E-state index in [1.165, 1.54) is 28.5 Å². The lowest BCUT2D eigenvalue weighted by Gasteiger charge is -2.03. The van der Waals surface area contributed by atoms with Crippen molar-refractivity contribution in [2.24, 2.45) is 0 Å². The molecule has 106 valence electrons.